The maximum atomic E-state index is 12.2. The zero-order valence-electron chi connectivity index (χ0n) is 39.2. The van der Waals surface area contributed by atoms with Crippen LogP contribution in [0.25, 0.3) is 21.5 Å². The summed E-state index contributed by atoms with van der Waals surface area (Å²) in [5, 5.41) is 7.66. The lowest BCUT2D eigenvalue weighted by Gasteiger charge is -2.27. The summed E-state index contributed by atoms with van der Waals surface area (Å²) < 4.78 is 56.7. The molecular weight excluding hydrogens is 839 g/mol. The van der Waals surface area contributed by atoms with Crippen LogP contribution in [0.1, 0.15) is 90.7 Å². The maximum Gasteiger partial charge on any atom is 0.407 e. The second-order valence-electron chi connectivity index (χ2n) is 17.9. The van der Waals surface area contributed by atoms with Crippen molar-refractivity contribution in [3.05, 3.63) is 120 Å². The Bertz CT molecular complexity index is 2470. The van der Waals surface area contributed by atoms with E-state index in [9.17, 15) is 17.8 Å². The van der Waals surface area contributed by atoms with Crippen molar-refractivity contribution >= 4 is 54.8 Å². The van der Waals surface area contributed by atoms with E-state index in [1.165, 1.54) is 44.1 Å². The van der Waals surface area contributed by atoms with Crippen LogP contribution in [0.3, 0.4) is 0 Å². The van der Waals surface area contributed by atoms with Crippen molar-refractivity contribution in [2.75, 3.05) is 76.5 Å². The van der Waals surface area contributed by atoms with Gasteiger partial charge in [-0.2, -0.15) is 13.0 Å². The molecule has 0 atom stereocenters. The number of ether oxygens (including phenoxy) is 4. The number of hydrogen-bond acceptors (Lipinski definition) is 8. The maximum absolute atomic E-state index is 12.2. The molecule has 4 aromatic rings. The van der Waals surface area contributed by atoms with Gasteiger partial charge in [-0.1, -0.05) is 93.6 Å². The molecule has 0 bridgehead atoms. The fraction of sp³-hybridized carbons (Fsp3) is 0.472. The molecule has 0 saturated carbocycles. The highest BCUT2D eigenvalue weighted by Crippen LogP contribution is 2.51. The Morgan fingerprint density at radius 3 is 2.06 bits per heavy atom. The van der Waals surface area contributed by atoms with Crippen LogP contribution in [0.5, 0.6) is 0 Å². The molecule has 2 aliphatic rings. The fourth-order valence-electron chi connectivity index (χ4n) is 9.32. The summed E-state index contributed by atoms with van der Waals surface area (Å²) >= 11 is 0. The summed E-state index contributed by atoms with van der Waals surface area (Å²) in [5.41, 5.74) is 6.84. The highest BCUT2D eigenvalue weighted by Gasteiger charge is 2.45. The first kappa shape index (κ1) is 49.6. The minimum absolute atomic E-state index is 0.239. The van der Waals surface area contributed by atoms with Crippen LogP contribution >= 0.6 is 0 Å². The van der Waals surface area contributed by atoms with Crippen LogP contribution in [0.2, 0.25) is 0 Å². The first-order valence-electron chi connectivity index (χ1n) is 23.5. The van der Waals surface area contributed by atoms with Gasteiger partial charge in [-0.15, -0.1) is 0 Å². The Morgan fingerprint density at radius 2 is 1.35 bits per heavy atom. The van der Waals surface area contributed by atoms with Crippen LogP contribution in [0.15, 0.2) is 109 Å². The number of rotatable bonds is 26. The molecule has 0 radical (unpaired) electrons. The predicted molar refractivity (Wildman–Crippen MR) is 264 cm³/mol. The zero-order valence-corrected chi connectivity index (χ0v) is 40.0. The molecule has 65 heavy (non-hydrogen) atoms. The number of unbranched alkanes of at least 4 members (excludes halogenated alkanes) is 4. The molecule has 0 aliphatic carbocycles. The Kier molecular flexibility index (Phi) is 18.0. The SMILES string of the molecule is CCCOCCOCCOCCNC(=O)OCCCCCC[N+]1=C(C=CC=CC=C2N(CCCCS(=O)(=O)O)c3ccc4ccccc4c3C2(C)C)C(C)(C)c2c1ccc1ccccc21. The number of nitrogens with one attached hydrogen (secondary N) is 1. The van der Waals surface area contributed by atoms with Crippen molar-refractivity contribution in [3.8, 4) is 0 Å². The minimum atomic E-state index is -4.02. The second-order valence-corrected chi connectivity index (χ2v) is 19.5. The van der Waals surface area contributed by atoms with E-state index >= 15 is 0 Å². The standard InChI is InChI=1S/C53H69N3O8S/c1-6-33-61-36-38-63-39-37-62-35-30-54-51(57)64-34-18-8-7-16-31-55-45-28-26-41-20-12-14-22-43(41)49(45)52(2,3)47(55)24-10-9-11-25-48-53(4,5)50-44-23-15-13-21-42(44)27-29-46(50)56(48)32-17-19-40-65(58,59)60/h9-15,20-29H,6-8,16-19,30-40H2,1-5H3,(H-,54,57,58,59,60)/p+1. The number of hydrogen-bond donors (Lipinski definition) is 2. The monoisotopic (exact) mass is 908 g/mol. The summed E-state index contributed by atoms with van der Waals surface area (Å²) in [7, 11) is -4.02. The van der Waals surface area contributed by atoms with Gasteiger partial charge in [-0.3, -0.25) is 4.55 Å². The summed E-state index contributed by atoms with van der Waals surface area (Å²) in [6.07, 6.45) is 16.1. The van der Waals surface area contributed by atoms with Crippen LogP contribution < -0.4 is 10.2 Å². The van der Waals surface area contributed by atoms with E-state index in [-0.39, 0.29) is 16.6 Å². The number of benzene rings is 4. The largest absolute Gasteiger partial charge is 0.450 e. The average Bonchev–Trinajstić information content (AvgIpc) is 3.64. The second kappa shape index (κ2) is 23.6. The lowest BCUT2D eigenvalue weighted by Crippen LogP contribution is -2.28. The molecular formula is C53H70N3O8S+. The van der Waals surface area contributed by atoms with Gasteiger partial charge in [0.2, 0.25) is 5.69 Å². The van der Waals surface area contributed by atoms with Gasteiger partial charge in [0, 0.05) is 60.6 Å². The van der Waals surface area contributed by atoms with Crippen molar-refractivity contribution in [1.82, 2.24) is 5.32 Å². The van der Waals surface area contributed by atoms with Crippen molar-refractivity contribution in [3.63, 3.8) is 0 Å². The number of fused-ring (bicyclic) bond motifs is 6. The van der Waals surface area contributed by atoms with Gasteiger partial charge >= 0.3 is 6.09 Å². The molecule has 0 aromatic heterocycles. The molecule has 2 aliphatic heterocycles. The highest BCUT2D eigenvalue weighted by atomic mass is 32.2. The van der Waals surface area contributed by atoms with Gasteiger partial charge < -0.3 is 29.2 Å². The van der Waals surface area contributed by atoms with Crippen LogP contribution in [-0.2, 0) is 39.9 Å². The van der Waals surface area contributed by atoms with Crippen LogP contribution in [-0.4, -0.2) is 101 Å². The Balaban J connectivity index is 1.07. The molecule has 11 nitrogen and oxygen atoms in total. The van der Waals surface area contributed by atoms with E-state index in [2.05, 4.69) is 153 Å². The molecule has 6 rings (SSSR count). The third-order valence-electron chi connectivity index (χ3n) is 12.4. The molecule has 350 valence electrons. The molecule has 4 aromatic carbocycles. The molecule has 2 N–H and O–H groups in total. The Morgan fingerprint density at radius 1 is 0.708 bits per heavy atom. The Labute approximate surface area is 386 Å². The average molecular weight is 909 g/mol. The van der Waals surface area contributed by atoms with E-state index in [0.29, 0.717) is 65.6 Å². The summed E-state index contributed by atoms with van der Waals surface area (Å²) in [5.74, 6) is -0.245. The van der Waals surface area contributed by atoms with E-state index in [1.807, 2.05) is 0 Å². The van der Waals surface area contributed by atoms with Gasteiger partial charge in [0.05, 0.1) is 50.8 Å². The van der Waals surface area contributed by atoms with Crippen molar-refractivity contribution in [2.45, 2.75) is 90.4 Å². The summed E-state index contributed by atoms with van der Waals surface area (Å²) in [6.45, 7) is 16.7. The molecule has 0 fully saturated rings. The number of carbonyl (C=O) groups excluding carboxylic acids is 1. The first-order valence-corrected chi connectivity index (χ1v) is 25.1. The van der Waals surface area contributed by atoms with Crippen molar-refractivity contribution in [2.24, 2.45) is 0 Å². The van der Waals surface area contributed by atoms with Crippen LogP contribution in [0, 0.1) is 0 Å². The molecule has 0 spiro atoms. The van der Waals surface area contributed by atoms with Gasteiger partial charge in [0.15, 0.2) is 5.71 Å². The Hall–Kier alpha value is -4.85. The van der Waals surface area contributed by atoms with Gasteiger partial charge in [0.25, 0.3) is 10.1 Å². The van der Waals surface area contributed by atoms with Crippen molar-refractivity contribution in [1.29, 1.82) is 0 Å². The molecule has 2 heterocycles. The lowest BCUT2D eigenvalue weighted by atomic mass is 9.79. The topological polar surface area (TPSA) is 127 Å². The molecule has 0 saturated heterocycles. The van der Waals surface area contributed by atoms with E-state index in [4.69, 9.17) is 18.9 Å². The molecule has 1 amide bonds. The van der Waals surface area contributed by atoms with Crippen molar-refractivity contribution < 1.29 is 41.3 Å². The number of nitrogens with zero attached hydrogens (tertiary/aromatic N) is 2. The van der Waals surface area contributed by atoms with E-state index in [1.54, 1.807) is 0 Å². The van der Waals surface area contributed by atoms with E-state index < -0.39 is 16.2 Å². The predicted octanol–water partition coefficient (Wildman–Crippen LogP) is 10.6. The first-order chi connectivity index (χ1) is 31.3. The fourth-order valence-corrected chi connectivity index (χ4v) is 9.89. The molecule has 12 heteroatoms. The highest BCUT2D eigenvalue weighted by molar-refractivity contribution is 7.85. The third-order valence-corrected chi connectivity index (χ3v) is 13.2. The number of anilines is 1. The number of alkyl carbamates (subject to hydrolysis) is 1. The summed E-state index contributed by atoms with van der Waals surface area (Å²) in [6, 6.07) is 25.9. The number of carbonyl (C=O) groups is 1. The lowest BCUT2D eigenvalue weighted by molar-refractivity contribution is -0.438. The normalized spacial score (nSPS) is 16.2. The quantitative estimate of drug-likeness (QED) is 0.0274. The number of allylic oxidation sites excluding steroid dienone is 6. The summed E-state index contributed by atoms with van der Waals surface area (Å²) in [4.78, 5) is 14.5. The zero-order chi connectivity index (χ0) is 46.3. The van der Waals surface area contributed by atoms with Gasteiger partial charge in [-0.05, 0) is 97.7 Å². The van der Waals surface area contributed by atoms with E-state index in [0.717, 1.165) is 56.6 Å². The van der Waals surface area contributed by atoms with Crippen LogP contribution in [0.4, 0.5) is 16.2 Å². The van der Waals surface area contributed by atoms with Gasteiger partial charge in [0.1, 0.15) is 6.54 Å². The van der Waals surface area contributed by atoms with Gasteiger partial charge in [-0.25, -0.2) is 4.79 Å². The molecule has 0 unspecified atom stereocenters. The smallest absolute Gasteiger partial charge is 0.407 e. The minimum Gasteiger partial charge on any atom is -0.450 e. The number of amides is 1. The third kappa shape index (κ3) is 12.9.